The topological polar surface area (TPSA) is 125 Å². The molecule has 3 N–H and O–H groups in total. The van der Waals surface area contributed by atoms with E-state index < -0.39 is 5.92 Å². The summed E-state index contributed by atoms with van der Waals surface area (Å²) in [4.78, 5) is 29.6. The van der Waals surface area contributed by atoms with E-state index in [0.717, 1.165) is 32.3 Å². The van der Waals surface area contributed by atoms with Crippen LogP contribution >= 0.6 is 34.4 Å². The van der Waals surface area contributed by atoms with Crippen molar-refractivity contribution in [1.29, 1.82) is 5.26 Å². The van der Waals surface area contributed by atoms with E-state index in [0.29, 0.717) is 39.9 Å². The standard InChI is InChI=1S/C27H26N6O2S3/c1-14-6-4-7-18(16(14)3)30-22(35)13-36-27-32-31-26(38-27)33-19-8-5-9-20(34)24(19)23(17(12-28)25(33)29)21-11-10-15(2)37-21/h4,6-7,10-11,23H,5,8-9,13,29H2,1-3H3,(H,30,35). The van der Waals surface area contributed by atoms with Crippen LogP contribution < -0.4 is 16.0 Å². The van der Waals surface area contributed by atoms with Gasteiger partial charge in [-0.2, -0.15) is 5.26 Å². The fourth-order valence-electron chi connectivity index (χ4n) is 4.75. The first kappa shape index (κ1) is 26.2. The quantitative estimate of drug-likeness (QED) is 0.374. The summed E-state index contributed by atoms with van der Waals surface area (Å²) >= 11 is 4.14. The summed E-state index contributed by atoms with van der Waals surface area (Å²) in [6.45, 7) is 5.98. The van der Waals surface area contributed by atoms with Gasteiger partial charge in [0.2, 0.25) is 11.0 Å². The number of allylic oxidation sites excluding steroid dienone is 3. The lowest BCUT2D eigenvalue weighted by Crippen LogP contribution is -2.38. The van der Waals surface area contributed by atoms with E-state index in [1.165, 1.54) is 23.1 Å². The SMILES string of the molecule is Cc1ccc(C2C(C#N)=C(N)N(c3nnc(SCC(=O)Nc4cccc(C)c4C)s3)C3=C2C(=O)CCC3)s1. The number of carbonyl (C=O) groups is 2. The number of Topliss-reactive ketones (excluding diaryl/α,β-unsaturated/α-hetero) is 1. The van der Waals surface area contributed by atoms with Crippen LogP contribution in [-0.4, -0.2) is 27.6 Å². The number of carbonyl (C=O) groups excluding carboxylic acids is 2. The Morgan fingerprint density at radius 1 is 1.21 bits per heavy atom. The molecule has 1 atom stereocenters. The van der Waals surface area contributed by atoms with Crippen molar-refractivity contribution in [3.8, 4) is 6.07 Å². The second-order valence-electron chi connectivity index (χ2n) is 9.20. The molecule has 1 amide bonds. The number of aryl methyl sites for hydroxylation is 2. The number of nitriles is 1. The molecular formula is C27H26N6O2S3. The molecule has 1 unspecified atom stereocenters. The zero-order valence-corrected chi connectivity index (χ0v) is 23.6. The van der Waals surface area contributed by atoms with E-state index in [9.17, 15) is 14.9 Å². The molecule has 5 rings (SSSR count). The number of hydrogen-bond acceptors (Lipinski definition) is 10. The number of anilines is 2. The minimum absolute atomic E-state index is 0.0368. The van der Waals surface area contributed by atoms with Crippen molar-refractivity contribution < 1.29 is 9.59 Å². The highest BCUT2D eigenvalue weighted by Gasteiger charge is 2.41. The van der Waals surface area contributed by atoms with Crippen LogP contribution in [0.5, 0.6) is 0 Å². The van der Waals surface area contributed by atoms with Gasteiger partial charge in [0.25, 0.3) is 0 Å². The van der Waals surface area contributed by atoms with Crippen LogP contribution in [0.15, 0.2) is 57.3 Å². The number of aromatic nitrogens is 2. The third-order valence-corrected chi connectivity index (χ3v) is 9.86. The lowest BCUT2D eigenvalue weighted by Gasteiger charge is -2.37. The Kier molecular flexibility index (Phi) is 7.38. The zero-order chi connectivity index (χ0) is 27.0. The van der Waals surface area contributed by atoms with Crippen LogP contribution in [-0.2, 0) is 9.59 Å². The van der Waals surface area contributed by atoms with Gasteiger partial charge < -0.3 is 11.1 Å². The molecule has 0 saturated carbocycles. The number of thioether (sulfide) groups is 1. The monoisotopic (exact) mass is 562 g/mol. The second-order valence-corrected chi connectivity index (χ2v) is 12.7. The maximum atomic E-state index is 13.2. The Morgan fingerprint density at radius 2 is 2.03 bits per heavy atom. The normalized spacial score (nSPS) is 17.5. The minimum atomic E-state index is -0.465. The van der Waals surface area contributed by atoms with Crippen LogP contribution in [0.2, 0.25) is 0 Å². The van der Waals surface area contributed by atoms with E-state index in [1.807, 2.05) is 51.1 Å². The second kappa shape index (κ2) is 10.7. The van der Waals surface area contributed by atoms with Gasteiger partial charge in [-0.3, -0.25) is 14.5 Å². The van der Waals surface area contributed by atoms with E-state index in [-0.39, 0.29) is 23.3 Å². The lowest BCUT2D eigenvalue weighted by molar-refractivity contribution is -0.116. The predicted octanol–water partition coefficient (Wildman–Crippen LogP) is 5.56. The number of benzene rings is 1. The van der Waals surface area contributed by atoms with Gasteiger partial charge in [-0.05, 0) is 62.9 Å². The molecule has 0 bridgehead atoms. The summed E-state index contributed by atoms with van der Waals surface area (Å²) in [5, 5.41) is 22.2. The first-order valence-electron chi connectivity index (χ1n) is 12.1. The highest BCUT2D eigenvalue weighted by atomic mass is 32.2. The van der Waals surface area contributed by atoms with Crippen LogP contribution in [0.25, 0.3) is 0 Å². The van der Waals surface area contributed by atoms with Crippen molar-refractivity contribution in [2.75, 3.05) is 16.0 Å². The molecule has 1 aliphatic carbocycles. The fraction of sp³-hybridized carbons (Fsp3) is 0.296. The molecule has 0 saturated heterocycles. The Hall–Kier alpha value is -3.46. The Balaban J connectivity index is 1.40. The summed E-state index contributed by atoms with van der Waals surface area (Å²) in [6.07, 6.45) is 1.80. The molecule has 0 spiro atoms. The number of hydrogen-bond donors (Lipinski definition) is 2. The largest absolute Gasteiger partial charge is 0.384 e. The van der Waals surface area contributed by atoms with Gasteiger partial charge in [0, 0.05) is 33.1 Å². The molecule has 1 aromatic carbocycles. The summed E-state index contributed by atoms with van der Waals surface area (Å²) in [5.74, 6) is -0.120. The Morgan fingerprint density at radius 3 is 2.76 bits per heavy atom. The molecule has 2 aliphatic rings. The van der Waals surface area contributed by atoms with Crippen molar-refractivity contribution >= 4 is 56.9 Å². The number of rotatable bonds is 6. The number of nitrogens with zero attached hydrogens (tertiary/aromatic N) is 4. The van der Waals surface area contributed by atoms with Crippen LogP contribution in [0.3, 0.4) is 0 Å². The van der Waals surface area contributed by atoms with Gasteiger partial charge >= 0.3 is 0 Å². The minimum Gasteiger partial charge on any atom is -0.384 e. The number of thiophene rings is 1. The van der Waals surface area contributed by atoms with Gasteiger partial charge in [0.15, 0.2) is 10.1 Å². The Labute approximate surface area is 233 Å². The van der Waals surface area contributed by atoms with Gasteiger partial charge in [-0.1, -0.05) is 35.2 Å². The fourth-order valence-corrected chi connectivity index (χ4v) is 7.43. The van der Waals surface area contributed by atoms with E-state index in [1.54, 1.807) is 16.2 Å². The maximum absolute atomic E-state index is 13.2. The zero-order valence-electron chi connectivity index (χ0n) is 21.2. The lowest BCUT2D eigenvalue weighted by atomic mass is 9.78. The van der Waals surface area contributed by atoms with Crippen molar-refractivity contribution in [2.45, 2.75) is 50.3 Å². The highest BCUT2D eigenvalue weighted by molar-refractivity contribution is 8.01. The molecule has 2 aromatic heterocycles. The predicted molar refractivity (Wildman–Crippen MR) is 152 cm³/mol. The third kappa shape index (κ3) is 4.87. The van der Waals surface area contributed by atoms with Crippen molar-refractivity contribution in [1.82, 2.24) is 10.2 Å². The number of ketones is 1. The first-order chi connectivity index (χ1) is 18.3. The molecular weight excluding hydrogens is 537 g/mol. The van der Waals surface area contributed by atoms with E-state index in [2.05, 4.69) is 21.6 Å². The molecule has 3 heterocycles. The number of nitrogens with two attached hydrogens (primary N) is 1. The van der Waals surface area contributed by atoms with E-state index >= 15 is 0 Å². The van der Waals surface area contributed by atoms with Gasteiger partial charge in [-0.15, -0.1) is 21.5 Å². The highest BCUT2D eigenvalue weighted by Crippen LogP contribution is 2.48. The summed E-state index contributed by atoms with van der Waals surface area (Å²) in [6, 6.07) is 12.0. The molecule has 38 heavy (non-hydrogen) atoms. The van der Waals surface area contributed by atoms with Crippen molar-refractivity contribution in [2.24, 2.45) is 5.73 Å². The van der Waals surface area contributed by atoms with Crippen molar-refractivity contribution in [3.63, 3.8) is 0 Å². The molecule has 0 fully saturated rings. The van der Waals surface area contributed by atoms with Gasteiger partial charge in [-0.25, -0.2) is 0 Å². The van der Waals surface area contributed by atoms with Gasteiger partial charge in [0.05, 0.1) is 23.3 Å². The van der Waals surface area contributed by atoms with Crippen LogP contribution in [0.1, 0.15) is 46.1 Å². The molecule has 3 aromatic rings. The molecule has 0 radical (unpaired) electrons. The molecule has 8 nitrogen and oxygen atoms in total. The maximum Gasteiger partial charge on any atom is 0.234 e. The summed E-state index contributed by atoms with van der Waals surface area (Å²) in [7, 11) is 0. The number of nitrogens with one attached hydrogen (secondary N) is 1. The van der Waals surface area contributed by atoms with Crippen molar-refractivity contribution in [3.05, 3.63) is 73.9 Å². The Bertz CT molecular complexity index is 1540. The van der Waals surface area contributed by atoms with Crippen LogP contribution in [0, 0.1) is 32.1 Å². The van der Waals surface area contributed by atoms with Gasteiger partial charge in [0.1, 0.15) is 5.82 Å². The molecule has 1 aliphatic heterocycles. The van der Waals surface area contributed by atoms with E-state index in [4.69, 9.17) is 5.73 Å². The summed E-state index contributed by atoms with van der Waals surface area (Å²) in [5.41, 5.74) is 11.3. The number of amides is 1. The summed E-state index contributed by atoms with van der Waals surface area (Å²) < 4.78 is 0.600. The third-order valence-electron chi connectivity index (χ3n) is 6.75. The molecule has 194 valence electrons. The van der Waals surface area contributed by atoms with Crippen LogP contribution in [0.4, 0.5) is 10.8 Å². The molecule has 11 heteroatoms. The average molecular weight is 563 g/mol. The first-order valence-corrected chi connectivity index (χ1v) is 14.7. The smallest absolute Gasteiger partial charge is 0.234 e. The average Bonchev–Trinajstić information content (AvgIpc) is 3.54.